The first-order chi connectivity index (χ1) is 9.66. The van der Waals surface area contributed by atoms with Crippen molar-refractivity contribution in [3.05, 3.63) is 0 Å². The molecule has 0 aromatic heterocycles. The van der Waals surface area contributed by atoms with Gasteiger partial charge < -0.3 is 10.1 Å². The van der Waals surface area contributed by atoms with Gasteiger partial charge in [0, 0.05) is 12.6 Å². The fraction of sp³-hybridized carbons (Fsp3) is 1.00. The molecule has 2 aliphatic rings. The molecule has 20 heavy (non-hydrogen) atoms. The van der Waals surface area contributed by atoms with Gasteiger partial charge in [0.05, 0.1) is 18.5 Å². The van der Waals surface area contributed by atoms with Gasteiger partial charge in [0.1, 0.15) is 0 Å². The fourth-order valence-electron chi connectivity index (χ4n) is 2.58. The first-order valence-electron chi connectivity index (χ1n) is 7.98. The smallest absolute Gasteiger partial charge is 0.211 e. The highest BCUT2D eigenvalue weighted by Crippen LogP contribution is 2.20. The van der Waals surface area contributed by atoms with Gasteiger partial charge in [-0.3, -0.25) is 0 Å². The normalized spacial score (nSPS) is 21.2. The van der Waals surface area contributed by atoms with Crippen LogP contribution in [0.25, 0.3) is 0 Å². The minimum atomic E-state index is -3.13. The topological polar surface area (TPSA) is 67.4 Å². The summed E-state index contributed by atoms with van der Waals surface area (Å²) in [4.78, 5) is 0. The van der Waals surface area contributed by atoms with Crippen molar-refractivity contribution in [1.82, 2.24) is 10.0 Å². The predicted octanol–water partition coefficient (Wildman–Crippen LogP) is 1.40. The van der Waals surface area contributed by atoms with Crippen molar-refractivity contribution in [3.63, 3.8) is 0 Å². The van der Waals surface area contributed by atoms with Crippen LogP contribution in [0.5, 0.6) is 0 Å². The Kier molecular flexibility index (Phi) is 6.74. The van der Waals surface area contributed by atoms with Crippen LogP contribution in [-0.4, -0.2) is 46.0 Å². The van der Waals surface area contributed by atoms with E-state index in [9.17, 15) is 8.42 Å². The molecule has 0 aromatic rings. The lowest BCUT2D eigenvalue weighted by atomic mass is 9.98. The fourth-order valence-corrected chi connectivity index (χ4v) is 3.65. The van der Waals surface area contributed by atoms with Crippen LogP contribution in [0, 0.1) is 0 Å². The summed E-state index contributed by atoms with van der Waals surface area (Å²) in [5.41, 5.74) is 0. The largest absolute Gasteiger partial charge is 0.377 e. The molecule has 2 N–H and O–H groups in total. The summed E-state index contributed by atoms with van der Waals surface area (Å²) in [5, 5.41) is 3.32. The molecule has 0 radical (unpaired) electrons. The summed E-state index contributed by atoms with van der Waals surface area (Å²) in [6.07, 6.45) is 9.54. The van der Waals surface area contributed by atoms with Crippen molar-refractivity contribution in [2.24, 2.45) is 0 Å². The van der Waals surface area contributed by atoms with Crippen LogP contribution in [0.4, 0.5) is 0 Å². The van der Waals surface area contributed by atoms with Crippen LogP contribution in [-0.2, 0) is 14.8 Å². The zero-order valence-electron chi connectivity index (χ0n) is 12.3. The highest BCUT2D eigenvalue weighted by Gasteiger charge is 2.20. The maximum atomic E-state index is 11.7. The highest BCUT2D eigenvalue weighted by molar-refractivity contribution is 7.89. The molecule has 0 amide bonds. The summed E-state index contributed by atoms with van der Waals surface area (Å²) >= 11 is 0. The van der Waals surface area contributed by atoms with E-state index in [1.165, 1.54) is 32.1 Å². The van der Waals surface area contributed by atoms with Crippen LogP contribution in [0.3, 0.4) is 0 Å². The minimum Gasteiger partial charge on any atom is -0.377 e. The number of ether oxygens (including phenoxy) is 1. The third-order valence-electron chi connectivity index (χ3n) is 3.93. The van der Waals surface area contributed by atoms with E-state index in [0.717, 1.165) is 19.4 Å². The molecule has 5 nitrogen and oxygen atoms in total. The van der Waals surface area contributed by atoms with E-state index in [2.05, 4.69) is 10.0 Å². The zero-order chi connectivity index (χ0) is 14.3. The lowest BCUT2D eigenvalue weighted by molar-refractivity contribution is 0.0321. The second-order valence-electron chi connectivity index (χ2n) is 5.93. The van der Waals surface area contributed by atoms with Gasteiger partial charge in [0.2, 0.25) is 10.0 Å². The second-order valence-corrected chi connectivity index (χ2v) is 7.85. The van der Waals surface area contributed by atoms with Crippen LogP contribution in [0.2, 0.25) is 0 Å². The molecule has 6 heteroatoms. The van der Waals surface area contributed by atoms with Gasteiger partial charge in [-0.05, 0) is 38.6 Å². The van der Waals surface area contributed by atoms with E-state index in [-0.39, 0.29) is 5.75 Å². The van der Waals surface area contributed by atoms with Gasteiger partial charge in [0.25, 0.3) is 0 Å². The van der Waals surface area contributed by atoms with Crippen LogP contribution in [0.15, 0.2) is 0 Å². The Bertz CT molecular complexity index is 363. The lowest BCUT2D eigenvalue weighted by Gasteiger charge is -2.21. The molecule has 2 rings (SSSR count). The van der Waals surface area contributed by atoms with Crippen LogP contribution >= 0.6 is 0 Å². The van der Waals surface area contributed by atoms with E-state index >= 15 is 0 Å². The monoisotopic (exact) mass is 304 g/mol. The second kappa shape index (κ2) is 8.32. The maximum Gasteiger partial charge on any atom is 0.211 e. The quantitative estimate of drug-likeness (QED) is 0.599. The molecule has 0 aromatic carbocycles. The molecule has 0 atom stereocenters. The van der Waals surface area contributed by atoms with Crippen molar-refractivity contribution in [2.75, 3.05) is 25.4 Å². The highest BCUT2D eigenvalue weighted by atomic mass is 32.2. The van der Waals surface area contributed by atoms with Gasteiger partial charge in [-0.1, -0.05) is 19.3 Å². The summed E-state index contributed by atoms with van der Waals surface area (Å²) in [7, 11) is -3.13. The molecule has 118 valence electrons. The van der Waals surface area contributed by atoms with Crippen LogP contribution < -0.4 is 10.0 Å². The molecule has 0 spiro atoms. The molecule has 0 unspecified atom stereocenters. The Morgan fingerprint density at radius 3 is 2.45 bits per heavy atom. The van der Waals surface area contributed by atoms with Gasteiger partial charge in [0.15, 0.2) is 0 Å². The van der Waals surface area contributed by atoms with Crippen LogP contribution in [0.1, 0.15) is 51.4 Å². The number of hydrogen-bond donors (Lipinski definition) is 2. The van der Waals surface area contributed by atoms with Gasteiger partial charge >= 0.3 is 0 Å². The average Bonchev–Trinajstić information content (AvgIpc) is 3.25. The average molecular weight is 304 g/mol. The Morgan fingerprint density at radius 2 is 1.75 bits per heavy atom. The number of hydrogen-bond acceptors (Lipinski definition) is 4. The van der Waals surface area contributed by atoms with Crippen molar-refractivity contribution >= 4 is 10.0 Å². The van der Waals surface area contributed by atoms with E-state index in [0.29, 0.717) is 31.7 Å². The third kappa shape index (κ3) is 7.02. The van der Waals surface area contributed by atoms with Crippen molar-refractivity contribution in [1.29, 1.82) is 0 Å². The Labute approximate surface area is 122 Å². The third-order valence-corrected chi connectivity index (χ3v) is 5.40. The standard InChI is InChI=1S/C14H28N2O3S/c17-20(18,12-4-9-15-13-7-8-13)16-10-11-19-14-5-2-1-3-6-14/h13-16H,1-12H2. The van der Waals surface area contributed by atoms with Crippen molar-refractivity contribution in [2.45, 2.75) is 63.5 Å². The first-order valence-corrected chi connectivity index (χ1v) is 9.63. The summed E-state index contributed by atoms with van der Waals surface area (Å²) in [6.45, 7) is 1.68. The molecule has 2 aliphatic carbocycles. The van der Waals surface area contributed by atoms with E-state index in [4.69, 9.17) is 4.74 Å². The van der Waals surface area contributed by atoms with E-state index in [1.54, 1.807) is 0 Å². The predicted molar refractivity (Wildman–Crippen MR) is 80.3 cm³/mol. The molecular weight excluding hydrogens is 276 g/mol. The van der Waals surface area contributed by atoms with Crippen molar-refractivity contribution < 1.29 is 13.2 Å². The molecular formula is C14H28N2O3S. The maximum absolute atomic E-state index is 11.7. The summed E-state index contributed by atoms with van der Waals surface area (Å²) in [5.74, 6) is 0.205. The van der Waals surface area contributed by atoms with Crippen molar-refractivity contribution in [3.8, 4) is 0 Å². The Morgan fingerprint density at radius 1 is 1.00 bits per heavy atom. The molecule has 2 saturated carbocycles. The Hall–Kier alpha value is -0.170. The van der Waals surface area contributed by atoms with Gasteiger partial charge in [-0.2, -0.15) is 0 Å². The molecule has 0 aliphatic heterocycles. The summed E-state index contributed by atoms with van der Waals surface area (Å²) < 4.78 is 31.8. The minimum absolute atomic E-state index is 0.205. The number of rotatable bonds is 10. The van der Waals surface area contributed by atoms with Gasteiger partial charge in [-0.15, -0.1) is 0 Å². The summed E-state index contributed by atoms with van der Waals surface area (Å²) in [6, 6.07) is 0.648. The van der Waals surface area contributed by atoms with E-state index in [1.807, 2.05) is 0 Å². The molecule has 0 saturated heterocycles. The first kappa shape index (κ1) is 16.2. The number of nitrogens with one attached hydrogen (secondary N) is 2. The number of sulfonamides is 1. The zero-order valence-corrected chi connectivity index (χ0v) is 13.1. The lowest BCUT2D eigenvalue weighted by Crippen LogP contribution is -2.32. The van der Waals surface area contributed by atoms with Gasteiger partial charge in [-0.25, -0.2) is 13.1 Å². The van der Waals surface area contributed by atoms with E-state index < -0.39 is 10.0 Å². The SMILES string of the molecule is O=S(=O)(CCCNC1CC1)NCCOC1CCCCC1. The Balaban J connectivity index is 1.47. The molecule has 2 fully saturated rings. The molecule has 0 bridgehead atoms. The molecule has 0 heterocycles.